The van der Waals surface area contributed by atoms with Crippen LogP contribution in [0.2, 0.25) is 5.02 Å². The van der Waals surface area contributed by atoms with Crippen molar-refractivity contribution in [1.29, 1.82) is 5.26 Å². The molecule has 8 heteroatoms. The van der Waals surface area contributed by atoms with Gasteiger partial charge in [0, 0.05) is 11.1 Å². The van der Waals surface area contributed by atoms with Gasteiger partial charge >= 0.3 is 0 Å². The minimum absolute atomic E-state index is 0.0421. The first-order chi connectivity index (χ1) is 13.0. The minimum atomic E-state index is -0.474. The van der Waals surface area contributed by atoms with Crippen molar-refractivity contribution in [2.45, 2.75) is 11.8 Å². The molecule has 0 radical (unpaired) electrons. The molecule has 3 aromatic rings. The van der Waals surface area contributed by atoms with Crippen LogP contribution in [0, 0.1) is 17.1 Å². The Labute approximate surface area is 163 Å². The first-order valence-corrected chi connectivity index (χ1v) is 9.37. The van der Waals surface area contributed by atoms with E-state index in [2.05, 4.69) is 9.97 Å². The number of nitrogens with one attached hydrogen (secondary N) is 1. The van der Waals surface area contributed by atoms with Gasteiger partial charge in [0.1, 0.15) is 29.8 Å². The summed E-state index contributed by atoms with van der Waals surface area (Å²) in [6.45, 7) is 0.182. The standard InChI is InChI=1S/C19H13ClFN3O2S/c1-27-19-23-17(15(9-22)18(25)24-19)11-3-6-14(7-4-11)26-10-12-2-5-13(21)8-16(12)20/h2-8H,10H2,1H3,(H,23,24,25). The number of nitriles is 1. The van der Waals surface area contributed by atoms with E-state index in [1.54, 1.807) is 36.6 Å². The molecule has 1 heterocycles. The van der Waals surface area contributed by atoms with Crippen LogP contribution in [-0.2, 0) is 6.61 Å². The van der Waals surface area contributed by atoms with Gasteiger partial charge in [0.05, 0.1) is 10.7 Å². The third-order valence-electron chi connectivity index (χ3n) is 3.74. The van der Waals surface area contributed by atoms with E-state index in [0.717, 1.165) is 0 Å². The predicted octanol–water partition coefficient (Wildman–Crippen LogP) is 4.40. The maximum atomic E-state index is 13.1. The van der Waals surface area contributed by atoms with Crippen molar-refractivity contribution < 1.29 is 9.13 Å². The zero-order valence-corrected chi connectivity index (χ0v) is 15.7. The summed E-state index contributed by atoms with van der Waals surface area (Å²) in [5, 5.41) is 9.98. The van der Waals surface area contributed by atoms with Crippen molar-refractivity contribution in [2.75, 3.05) is 6.26 Å². The van der Waals surface area contributed by atoms with Crippen LogP contribution < -0.4 is 10.3 Å². The molecule has 2 aromatic carbocycles. The van der Waals surface area contributed by atoms with Gasteiger partial charge in [-0.3, -0.25) is 4.79 Å². The molecular weight excluding hydrogens is 389 g/mol. The number of rotatable bonds is 5. The summed E-state index contributed by atoms with van der Waals surface area (Å²) >= 11 is 7.27. The molecule has 1 N–H and O–H groups in total. The number of hydrogen-bond acceptors (Lipinski definition) is 5. The van der Waals surface area contributed by atoms with E-state index in [0.29, 0.717) is 32.7 Å². The molecule has 136 valence electrons. The molecule has 0 atom stereocenters. The molecule has 0 aliphatic heterocycles. The lowest BCUT2D eigenvalue weighted by Crippen LogP contribution is -2.14. The molecule has 0 saturated heterocycles. The van der Waals surface area contributed by atoms with Gasteiger partial charge < -0.3 is 9.72 Å². The molecule has 0 saturated carbocycles. The van der Waals surface area contributed by atoms with E-state index in [-0.39, 0.29) is 12.2 Å². The third kappa shape index (κ3) is 4.30. The number of benzene rings is 2. The fourth-order valence-corrected chi connectivity index (χ4v) is 2.97. The highest BCUT2D eigenvalue weighted by molar-refractivity contribution is 7.98. The van der Waals surface area contributed by atoms with Crippen molar-refractivity contribution >= 4 is 23.4 Å². The summed E-state index contributed by atoms with van der Waals surface area (Å²) in [6.07, 6.45) is 1.78. The zero-order chi connectivity index (χ0) is 19.4. The Bertz CT molecular complexity index is 1080. The summed E-state index contributed by atoms with van der Waals surface area (Å²) in [7, 11) is 0. The van der Waals surface area contributed by atoms with E-state index >= 15 is 0 Å². The van der Waals surface area contributed by atoms with Gasteiger partial charge in [0.2, 0.25) is 0 Å². The van der Waals surface area contributed by atoms with Crippen LogP contribution in [0.5, 0.6) is 5.75 Å². The Hall–Kier alpha value is -2.82. The summed E-state index contributed by atoms with van der Waals surface area (Å²) in [6, 6.07) is 12.8. The molecule has 5 nitrogen and oxygen atoms in total. The Balaban J connectivity index is 1.83. The number of ether oxygens (including phenoxy) is 1. The van der Waals surface area contributed by atoms with Crippen LogP contribution in [-0.4, -0.2) is 16.2 Å². The number of aromatic nitrogens is 2. The summed E-state index contributed by atoms with van der Waals surface area (Å²) in [4.78, 5) is 18.9. The molecular formula is C19H13ClFN3O2S. The lowest BCUT2D eigenvalue weighted by atomic mass is 10.1. The SMILES string of the molecule is CSc1nc(-c2ccc(OCc3ccc(F)cc3Cl)cc2)c(C#N)c(=O)[nH]1. The van der Waals surface area contributed by atoms with Crippen LogP contribution in [0.1, 0.15) is 11.1 Å². The van der Waals surface area contributed by atoms with E-state index < -0.39 is 11.4 Å². The zero-order valence-electron chi connectivity index (χ0n) is 14.1. The second kappa shape index (κ2) is 8.25. The lowest BCUT2D eigenvalue weighted by molar-refractivity contribution is 0.306. The smallest absolute Gasteiger partial charge is 0.270 e. The lowest BCUT2D eigenvalue weighted by Gasteiger charge is -2.09. The fourth-order valence-electron chi connectivity index (χ4n) is 2.37. The molecule has 0 spiro atoms. The molecule has 0 aliphatic rings. The molecule has 3 rings (SSSR count). The highest BCUT2D eigenvalue weighted by Gasteiger charge is 2.13. The normalized spacial score (nSPS) is 10.4. The average molecular weight is 402 g/mol. The van der Waals surface area contributed by atoms with Crippen LogP contribution in [0.3, 0.4) is 0 Å². The Morgan fingerprint density at radius 1 is 1.30 bits per heavy atom. The number of nitrogens with zero attached hydrogens (tertiary/aromatic N) is 2. The molecule has 1 aromatic heterocycles. The third-order valence-corrected chi connectivity index (χ3v) is 4.67. The van der Waals surface area contributed by atoms with E-state index in [9.17, 15) is 14.4 Å². The minimum Gasteiger partial charge on any atom is -0.489 e. The van der Waals surface area contributed by atoms with Crippen molar-refractivity contribution in [3.05, 3.63) is 74.8 Å². The number of halogens is 2. The van der Waals surface area contributed by atoms with Gasteiger partial charge in [0.15, 0.2) is 5.16 Å². The van der Waals surface area contributed by atoms with Crippen molar-refractivity contribution in [3.8, 4) is 23.1 Å². The summed E-state index contributed by atoms with van der Waals surface area (Å²) in [5.74, 6) is 0.156. The van der Waals surface area contributed by atoms with Crippen molar-refractivity contribution in [2.24, 2.45) is 0 Å². The topological polar surface area (TPSA) is 78.8 Å². The summed E-state index contributed by atoms with van der Waals surface area (Å²) in [5.41, 5.74) is 1.09. The number of thioether (sulfide) groups is 1. The Morgan fingerprint density at radius 3 is 2.67 bits per heavy atom. The van der Waals surface area contributed by atoms with Gasteiger partial charge in [0.25, 0.3) is 5.56 Å². The maximum Gasteiger partial charge on any atom is 0.270 e. The number of H-pyrrole nitrogens is 1. The molecule has 27 heavy (non-hydrogen) atoms. The van der Waals surface area contributed by atoms with Crippen molar-refractivity contribution in [3.63, 3.8) is 0 Å². The van der Waals surface area contributed by atoms with Gasteiger partial charge in [-0.25, -0.2) is 9.37 Å². The van der Waals surface area contributed by atoms with Gasteiger partial charge in [-0.15, -0.1) is 0 Å². The van der Waals surface area contributed by atoms with Crippen LogP contribution in [0.15, 0.2) is 52.4 Å². The molecule has 0 fully saturated rings. The highest BCUT2D eigenvalue weighted by atomic mass is 35.5. The predicted molar refractivity (Wildman–Crippen MR) is 103 cm³/mol. The van der Waals surface area contributed by atoms with Crippen LogP contribution in [0.25, 0.3) is 11.3 Å². The Morgan fingerprint density at radius 2 is 2.04 bits per heavy atom. The van der Waals surface area contributed by atoms with E-state index in [4.69, 9.17) is 16.3 Å². The first kappa shape index (κ1) is 19.0. The molecule has 0 bridgehead atoms. The second-order valence-corrected chi connectivity index (χ2v) is 6.66. The largest absolute Gasteiger partial charge is 0.489 e. The average Bonchev–Trinajstić information content (AvgIpc) is 2.67. The van der Waals surface area contributed by atoms with E-state index in [1.165, 1.54) is 23.9 Å². The van der Waals surface area contributed by atoms with Crippen LogP contribution >= 0.6 is 23.4 Å². The van der Waals surface area contributed by atoms with Crippen LogP contribution in [0.4, 0.5) is 4.39 Å². The quantitative estimate of drug-likeness (QED) is 0.506. The maximum absolute atomic E-state index is 13.1. The monoisotopic (exact) mass is 401 g/mol. The van der Waals surface area contributed by atoms with Gasteiger partial charge in [-0.2, -0.15) is 5.26 Å². The number of aromatic amines is 1. The second-order valence-electron chi connectivity index (χ2n) is 5.46. The first-order valence-electron chi connectivity index (χ1n) is 7.77. The number of hydrogen-bond donors (Lipinski definition) is 1. The van der Waals surface area contributed by atoms with Crippen molar-refractivity contribution in [1.82, 2.24) is 9.97 Å². The van der Waals surface area contributed by atoms with E-state index in [1.807, 2.05) is 6.07 Å². The highest BCUT2D eigenvalue weighted by Crippen LogP contribution is 2.25. The summed E-state index contributed by atoms with van der Waals surface area (Å²) < 4.78 is 18.7. The van der Waals surface area contributed by atoms with Gasteiger partial charge in [-0.1, -0.05) is 29.4 Å². The molecule has 0 aliphatic carbocycles. The fraction of sp³-hybridized carbons (Fsp3) is 0.105. The molecule has 0 unspecified atom stereocenters. The Kier molecular flexibility index (Phi) is 5.79. The van der Waals surface area contributed by atoms with Gasteiger partial charge in [-0.05, 0) is 42.7 Å². The molecule has 0 amide bonds.